The molecule has 0 unspecified atom stereocenters. The smallest absolute Gasteiger partial charge is 0.379 e. The van der Waals surface area contributed by atoms with Gasteiger partial charge in [-0.3, -0.25) is 14.9 Å². The van der Waals surface area contributed by atoms with Gasteiger partial charge in [-0.15, -0.1) is 0 Å². The Balaban J connectivity index is 1.78. The second-order valence-corrected chi connectivity index (χ2v) is 10.0. The molecule has 37 heavy (non-hydrogen) atoms. The van der Waals surface area contributed by atoms with Gasteiger partial charge in [-0.25, -0.2) is 0 Å². The number of nitrogens with zero attached hydrogens (tertiary/aromatic N) is 2. The van der Waals surface area contributed by atoms with E-state index in [1.807, 2.05) is 0 Å². The van der Waals surface area contributed by atoms with E-state index in [4.69, 9.17) is 4.18 Å². The van der Waals surface area contributed by atoms with Crippen molar-refractivity contribution in [1.82, 2.24) is 4.90 Å². The van der Waals surface area contributed by atoms with Crippen LogP contribution in [-0.2, 0) is 22.8 Å². The average Bonchev–Trinajstić information content (AvgIpc) is 2.82. The van der Waals surface area contributed by atoms with Crippen LogP contribution in [-0.4, -0.2) is 30.2 Å². The number of alkyl halides is 3. The fraction of sp³-hybridized carbons (Fsp3) is 0.240. The van der Waals surface area contributed by atoms with Crippen LogP contribution in [0.4, 0.5) is 18.9 Å². The number of nitro benzene ring substituents is 1. The minimum absolute atomic E-state index is 0.110. The lowest BCUT2D eigenvalue weighted by atomic mass is 10.1. The Morgan fingerprint density at radius 1 is 1.05 bits per heavy atom. The minimum Gasteiger partial charge on any atom is -0.379 e. The molecule has 0 atom stereocenters. The number of hydrogen-bond acceptors (Lipinski definition) is 6. The van der Waals surface area contributed by atoms with Crippen LogP contribution in [0.3, 0.4) is 0 Å². The molecule has 0 aromatic heterocycles. The van der Waals surface area contributed by atoms with Crippen LogP contribution >= 0.6 is 0 Å². The average molecular weight is 537 g/mol. The Labute approximate surface area is 211 Å². The van der Waals surface area contributed by atoms with Crippen molar-refractivity contribution in [2.45, 2.75) is 44.4 Å². The summed E-state index contributed by atoms with van der Waals surface area (Å²) in [4.78, 5) is 24.6. The Morgan fingerprint density at radius 3 is 2.27 bits per heavy atom. The van der Waals surface area contributed by atoms with E-state index >= 15 is 0 Å². The van der Waals surface area contributed by atoms with Crippen molar-refractivity contribution in [3.8, 4) is 5.75 Å². The predicted octanol–water partition coefficient (Wildman–Crippen LogP) is 5.74. The van der Waals surface area contributed by atoms with Crippen LogP contribution in [0.25, 0.3) is 0 Å². The van der Waals surface area contributed by atoms with Gasteiger partial charge in [0.25, 0.3) is 11.6 Å². The molecular formula is C25H23F3N2O6S. The summed E-state index contributed by atoms with van der Waals surface area (Å²) < 4.78 is 68.8. The first-order chi connectivity index (χ1) is 17.2. The molecule has 0 aliphatic rings. The van der Waals surface area contributed by atoms with Crippen molar-refractivity contribution < 1.29 is 35.5 Å². The summed E-state index contributed by atoms with van der Waals surface area (Å²) in [7, 11) is -4.53. The summed E-state index contributed by atoms with van der Waals surface area (Å²) in [5, 5.41) is 11.2. The maximum Gasteiger partial charge on any atom is 0.416 e. The largest absolute Gasteiger partial charge is 0.416 e. The first-order valence-corrected chi connectivity index (χ1v) is 12.4. The third kappa shape index (κ3) is 6.64. The number of aryl methyl sites for hydroxylation is 1. The number of halogens is 3. The second kappa shape index (κ2) is 10.6. The van der Waals surface area contributed by atoms with Gasteiger partial charge in [0.1, 0.15) is 10.6 Å². The third-order valence-corrected chi connectivity index (χ3v) is 6.71. The van der Waals surface area contributed by atoms with Gasteiger partial charge in [0.05, 0.1) is 10.5 Å². The molecule has 1 amide bonds. The summed E-state index contributed by atoms with van der Waals surface area (Å²) in [6.45, 7) is 5.24. The van der Waals surface area contributed by atoms with Crippen molar-refractivity contribution in [2.75, 3.05) is 0 Å². The highest BCUT2D eigenvalue weighted by atomic mass is 32.2. The van der Waals surface area contributed by atoms with Crippen LogP contribution in [0.1, 0.15) is 40.9 Å². The first-order valence-electron chi connectivity index (χ1n) is 11.0. The highest BCUT2D eigenvalue weighted by Crippen LogP contribution is 2.31. The van der Waals surface area contributed by atoms with E-state index in [-0.39, 0.29) is 29.6 Å². The van der Waals surface area contributed by atoms with Crippen molar-refractivity contribution in [2.24, 2.45) is 0 Å². The molecule has 0 saturated heterocycles. The highest BCUT2D eigenvalue weighted by Gasteiger charge is 2.32. The van der Waals surface area contributed by atoms with E-state index in [2.05, 4.69) is 0 Å². The van der Waals surface area contributed by atoms with E-state index in [0.717, 1.165) is 18.2 Å². The number of nitro groups is 1. The van der Waals surface area contributed by atoms with E-state index in [1.165, 1.54) is 47.4 Å². The quantitative estimate of drug-likeness (QED) is 0.206. The Kier molecular flexibility index (Phi) is 7.91. The van der Waals surface area contributed by atoms with E-state index in [0.29, 0.717) is 17.2 Å². The van der Waals surface area contributed by atoms with Crippen molar-refractivity contribution in [3.05, 3.63) is 99.1 Å². The van der Waals surface area contributed by atoms with Crippen LogP contribution in [0.15, 0.2) is 71.6 Å². The van der Waals surface area contributed by atoms with Crippen LogP contribution < -0.4 is 4.18 Å². The van der Waals surface area contributed by atoms with Crippen LogP contribution in [0.2, 0.25) is 0 Å². The zero-order valence-electron chi connectivity index (χ0n) is 20.0. The molecule has 0 radical (unpaired) electrons. The first kappa shape index (κ1) is 27.7. The van der Waals surface area contributed by atoms with Crippen LogP contribution in [0.5, 0.6) is 5.75 Å². The zero-order chi connectivity index (χ0) is 27.5. The molecule has 3 aromatic carbocycles. The van der Waals surface area contributed by atoms with E-state index in [9.17, 15) is 36.5 Å². The van der Waals surface area contributed by atoms with Gasteiger partial charge >= 0.3 is 16.3 Å². The van der Waals surface area contributed by atoms with Crippen LogP contribution in [0, 0.1) is 17.0 Å². The molecule has 0 spiro atoms. The number of rotatable bonds is 8. The Hall–Kier alpha value is -3.93. The van der Waals surface area contributed by atoms with Gasteiger partial charge in [-0.05, 0) is 62.7 Å². The highest BCUT2D eigenvalue weighted by molar-refractivity contribution is 7.87. The van der Waals surface area contributed by atoms with Gasteiger partial charge in [-0.1, -0.05) is 24.3 Å². The fourth-order valence-electron chi connectivity index (χ4n) is 3.44. The van der Waals surface area contributed by atoms with Gasteiger partial charge in [0.2, 0.25) is 0 Å². The summed E-state index contributed by atoms with van der Waals surface area (Å²) in [5.41, 5.74) is -0.109. The molecule has 3 rings (SSSR count). The molecule has 0 saturated carbocycles. The number of carbonyl (C=O) groups excluding carboxylic acids is 1. The maximum absolute atomic E-state index is 13.1. The van der Waals surface area contributed by atoms with Gasteiger partial charge in [0.15, 0.2) is 0 Å². The number of amides is 1. The fourth-order valence-corrected chi connectivity index (χ4v) is 4.42. The molecule has 0 aliphatic carbocycles. The predicted molar refractivity (Wildman–Crippen MR) is 129 cm³/mol. The SMILES string of the molecule is Cc1ccc(C(=O)N(Cc2ccc(OS(=O)(=O)c3cccc(C(F)(F)F)c3)cc2)C(C)C)cc1[N+](=O)[O-]. The van der Waals surface area contributed by atoms with Crippen molar-refractivity contribution in [3.63, 3.8) is 0 Å². The standard InChI is InChI=1S/C25H23F3N2O6S/c1-16(2)29(24(31)19-10-7-17(3)23(13-19)30(32)33)15-18-8-11-21(12-9-18)36-37(34,35)22-6-4-5-20(14-22)25(26,27)28/h4-14,16H,15H2,1-3H3. The molecular weight excluding hydrogens is 513 g/mol. The van der Waals surface area contributed by atoms with Gasteiger partial charge in [0, 0.05) is 29.8 Å². The molecule has 3 aromatic rings. The molecule has 0 heterocycles. The zero-order valence-corrected chi connectivity index (χ0v) is 20.8. The summed E-state index contributed by atoms with van der Waals surface area (Å²) >= 11 is 0. The minimum atomic E-state index is -4.71. The lowest BCUT2D eigenvalue weighted by Crippen LogP contribution is -2.36. The maximum atomic E-state index is 13.1. The van der Waals surface area contributed by atoms with Crippen molar-refractivity contribution in [1.29, 1.82) is 0 Å². The monoisotopic (exact) mass is 536 g/mol. The lowest BCUT2D eigenvalue weighted by molar-refractivity contribution is -0.385. The lowest BCUT2D eigenvalue weighted by Gasteiger charge is -2.27. The van der Waals surface area contributed by atoms with Gasteiger partial charge in [-0.2, -0.15) is 21.6 Å². The molecule has 196 valence electrons. The Bertz CT molecular complexity index is 1420. The molecule has 0 bridgehead atoms. The number of hydrogen-bond donors (Lipinski definition) is 0. The third-order valence-electron chi connectivity index (χ3n) is 5.47. The topological polar surface area (TPSA) is 107 Å². The molecule has 0 aliphatic heterocycles. The molecule has 8 nitrogen and oxygen atoms in total. The molecule has 0 N–H and O–H groups in total. The van der Waals surface area contributed by atoms with Crippen molar-refractivity contribution >= 4 is 21.7 Å². The van der Waals surface area contributed by atoms with Gasteiger partial charge < -0.3 is 9.08 Å². The van der Waals surface area contributed by atoms with E-state index in [1.54, 1.807) is 20.8 Å². The van der Waals surface area contributed by atoms with E-state index < -0.39 is 37.6 Å². The Morgan fingerprint density at radius 2 is 1.70 bits per heavy atom. The summed E-state index contributed by atoms with van der Waals surface area (Å²) in [5.74, 6) is -0.553. The summed E-state index contributed by atoms with van der Waals surface area (Å²) in [6.07, 6.45) is -4.71. The summed E-state index contributed by atoms with van der Waals surface area (Å²) in [6, 6.07) is 12.8. The number of benzene rings is 3. The molecule has 0 fully saturated rings. The normalized spacial score (nSPS) is 11.9. The molecule has 12 heteroatoms. The number of carbonyl (C=O) groups is 1. The second-order valence-electron chi connectivity index (χ2n) is 8.49.